The molecule has 0 aromatic carbocycles. The fourth-order valence-electron chi connectivity index (χ4n) is 4.68. The molecular weight excluding hydrogens is 494 g/mol. The van der Waals surface area contributed by atoms with Crippen molar-refractivity contribution in [1.82, 2.24) is 0 Å². The van der Waals surface area contributed by atoms with Gasteiger partial charge in [0.25, 0.3) is 0 Å². The van der Waals surface area contributed by atoms with Crippen molar-refractivity contribution in [2.75, 3.05) is 0 Å². The number of alkyl halides is 10. The minimum Gasteiger partial charge on any atom is -0.418 e. The van der Waals surface area contributed by atoms with Gasteiger partial charge >= 0.3 is 36.0 Å². The van der Waals surface area contributed by atoms with Crippen LogP contribution in [-0.2, 0) is 14.3 Å². The molecule has 14 heteroatoms. The minimum atomic E-state index is -6.65. The summed E-state index contributed by atoms with van der Waals surface area (Å²) >= 11 is 0. The molecule has 2 aliphatic rings. The van der Waals surface area contributed by atoms with Crippen LogP contribution in [-0.4, -0.2) is 52.3 Å². The lowest BCUT2D eigenvalue weighted by Crippen LogP contribution is -2.89. The van der Waals surface area contributed by atoms with Gasteiger partial charge in [-0.1, -0.05) is 40.0 Å². The van der Waals surface area contributed by atoms with Crippen LogP contribution in [0.4, 0.5) is 43.9 Å². The Labute approximate surface area is 188 Å². The van der Waals surface area contributed by atoms with Crippen LogP contribution in [0, 0.1) is 11.8 Å². The first-order valence-electron chi connectivity index (χ1n) is 10.8. The van der Waals surface area contributed by atoms with E-state index in [0.29, 0.717) is 6.92 Å². The number of carbonyl (C=O) groups is 1. The first kappa shape index (κ1) is 28.9. The molecule has 1 saturated heterocycles. The number of carbonyl (C=O) groups excluding carboxylic acids is 1. The molecule has 0 aromatic rings. The van der Waals surface area contributed by atoms with Crippen LogP contribution < -0.4 is 0 Å². The van der Waals surface area contributed by atoms with Crippen molar-refractivity contribution in [3.05, 3.63) is 0 Å². The van der Waals surface area contributed by atoms with Crippen molar-refractivity contribution >= 4 is 5.97 Å². The zero-order valence-corrected chi connectivity index (χ0v) is 18.6. The van der Waals surface area contributed by atoms with Gasteiger partial charge < -0.3 is 14.6 Å². The molecule has 4 atom stereocenters. The molecule has 0 amide bonds. The average Bonchev–Trinajstić information content (AvgIpc) is 2.72. The van der Waals surface area contributed by atoms with Gasteiger partial charge in [-0.15, -0.1) is 0 Å². The summed E-state index contributed by atoms with van der Waals surface area (Å²) in [5.74, 6) is -24.1. The van der Waals surface area contributed by atoms with E-state index in [1.165, 1.54) is 6.92 Å². The second-order valence-electron chi connectivity index (χ2n) is 8.88. The van der Waals surface area contributed by atoms with E-state index in [4.69, 9.17) is 0 Å². The first-order chi connectivity index (χ1) is 15.2. The highest BCUT2D eigenvalue weighted by atomic mass is 19.4. The Morgan fingerprint density at radius 1 is 0.971 bits per heavy atom. The second-order valence-corrected chi connectivity index (χ2v) is 8.88. The van der Waals surface area contributed by atoms with Gasteiger partial charge in [0.05, 0.1) is 5.92 Å². The lowest BCUT2D eigenvalue weighted by Gasteiger charge is -2.62. The van der Waals surface area contributed by atoms with Gasteiger partial charge in [0, 0.05) is 5.92 Å². The predicted octanol–water partition coefficient (Wildman–Crippen LogP) is 6.16. The smallest absolute Gasteiger partial charge is 0.418 e. The van der Waals surface area contributed by atoms with E-state index in [-0.39, 0.29) is 25.7 Å². The molecule has 200 valence electrons. The highest BCUT2D eigenvalue weighted by Gasteiger charge is 2.97. The van der Waals surface area contributed by atoms with Crippen LogP contribution in [0.5, 0.6) is 0 Å². The summed E-state index contributed by atoms with van der Waals surface area (Å²) in [6.07, 6.45) is -16.7. The molecule has 34 heavy (non-hydrogen) atoms. The lowest BCUT2D eigenvalue weighted by molar-refractivity contribution is -0.564. The Bertz CT molecular complexity index is 761. The van der Waals surface area contributed by atoms with E-state index in [0.717, 1.165) is 6.92 Å². The molecule has 4 nitrogen and oxygen atoms in total. The molecule has 0 spiro atoms. The van der Waals surface area contributed by atoms with Crippen molar-refractivity contribution in [2.45, 2.75) is 107 Å². The largest absolute Gasteiger partial charge is 0.462 e. The fraction of sp³-hybridized carbons (Fsp3) is 0.950. The number of aliphatic hydroxyl groups is 1. The monoisotopic (exact) mass is 520 g/mol. The molecule has 1 saturated carbocycles. The summed E-state index contributed by atoms with van der Waals surface area (Å²) in [4.78, 5) is 12.2. The summed E-state index contributed by atoms with van der Waals surface area (Å²) in [6, 6.07) is 0. The van der Waals surface area contributed by atoms with Gasteiger partial charge in [0.15, 0.2) is 0 Å². The molecule has 4 unspecified atom stereocenters. The molecule has 0 radical (unpaired) electrons. The number of halogens is 10. The van der Waals surface area contributed by atoms with Gasteiger partial charge in [-0.05, 0) is 25.7 Å². The normalized spacial score (nSPS) is 35.6. The second kappa shape index (κ2) is 8.67. The fourth-order valence-corrected chi connectivity index (χ4v) is 4.68. The maximum absolute atomic E-state index is 15.6. The minimum absolute atomic E-state index is 0.130. The van der Waals surface area contributed by atoms with E-state index in [1.54, 1.807) is 0 Å². The van der Waals surface area contributed by atoms with E-state index in [1.807, 2.05) is 0 Å². The van der Waals surface area contributed by atoms with Crippen molar-refractivity contribution < 1.29 is 63.3 Å². The summed E-state index contributed by atoms with van der Waals surface area (Å²) < 4.78 is 156. The number of hydrogen-bond donors (Lipinski definition) is 1. The van der Waals surface area contributed by atoms with Crippen LogP contribution in [0.2, 0.25) is 0 Å². The zero-order chi connectivity index (χ0) is 26.6. The Balaban J connectivity index is 3.00. The van der Waals surface area contributed by atoms with E-state index >= 15 is 17.6 Å². The van der Waals surface area contributed by atoms with E-state index < -0.39 is 78.3 Å². The highest BCUT2D eigenvalue weighted by Crippen LogP contribution is 2.69. The Kier molecular flexibility index (Phi) is 7.37. The summed E-state index contributed by atoms with van der Waals surface area (Å²) in [7, 11) is 0. The predicted molar refractivity (Wildman–Crippen MR) is 95.9 cm³/mol. The van der Waals surface area contributed by atoms with Crippen LogP contribution in [0.25, 0.3) is 0 Å². The first-order valence-corrected chi connectivity index (χ1v) is 10.8. The zero-order valence-electron chi connectivity index (χ0n) is 18.6. The maximum atomic E-state index is 15.6. The summed E-state index contributed by atoms with van der Waals surface area (Å²) in [5.41, 5.74) is -10.5. The molecule has 2 rings (SSSR count). The maximum Gasteiger partial charge on any atom is 0.462 e. The Hall–Kier alpha value is -1.31. The quantitative estimate of drug-likeness (QED) is 0.349. The topological polar surface area (TPSA) is 55.8 Å². The van der Waals surface area contributed by atoms with Gasteiger partial charge in [0.2, 0.25) is 11.2 Å². The SMILES string of the molecule is CCC(C)C(=O)OC1(C(F)(F)F)OC(C2CCCCC2)(C(F)(F)F)C(F)(F)C(O)(CC)C1(F)F. The van der Waals surface area contributed by atoms with Gasteiger partial charge in [0.1, 0.15) is 0 Å². The molecule has 1 aliphatic heterocycles. The van der Waals surface area contributed by atoms with Crippen LogP contribution in [0.1, 0.15) is 65.7 Å². The van der Waals surface area contributed by atoms with Crippen LogP contribution in [0.15, 0.2) is 0 Å². The standard InChI is InChI=1S/C20H26F10O4/c1-4-11(3)13(31)33-18(20(28,29)30)17(23,24)14(32,5-2)16(21,22)15(34-18,19(25,26)27)12-9-7-6-8-10-12/h11-12,32H,4-10H2,1-3H3. The van der Waals surface area contributed by atoms with E-state index in [9.17, 15) is 36.2 Å². The Morgan fingerprint density at radius 3 is 1.85 bits per heavy atom. The van der Waals surface area contributed by atoms with Gasteiger partial charge in [-0.3, -0.25) is 4.79 Å². The number of hydrogen-bond acceptors (Lipinski definition) is 4. The molecule has 2 fully saturated rings. The third-order valence-electron chi connectivity index (χ3n) is 6.97. The van der Waals surface area contributed by atoms with Crippen molar-refractivity contribution in [3.8, 4) is 0 Å². The van der Waals surface area contributed by atoms with Crippen molar-refractivity contribution in [2.24, 2.45) is 11.8 Å². The van der Waals surface area contributed by atoms with E-state index in [2.05, 4.69) is 9.47 Å². The molecule has 1 heterocycles. The van der Waals surface area contributed by atoms with Gasteiger partial charge in [-0.25, -0.2) is 0 Å². The molecule has 1 aliphatic carbocycles. The summed E-state index contributed by atoms with van der Waals surface area (Å²) in [6.45, 7) is 2.56. The molecule has 0 aromatic heterocycles. The average molecular weight is 520 g/mol. The number of ether oxygens (including phenoxy) is 2. The van der Waals surface area contributed by atoms with Gasteiger partial charge in [-0.2, -0.15) is 43.9 Å². The molecular formula is C20H26F10O4. The summed E-state index contributed by atoms with van der Waals surface area (Å²) in [5, 5.41) is 10.4. The molecule has 1 N–H and O–H groups in total. The van der Waals surface area contributed by atoms with Crippen LogP contribution in [0.3, 0.4) is 0 Å². The highest BCUT2D eigenvalue weighted by molar-refractivity contribution is 5.72. The third kappa shape index (κ3) is 3.60. The van der Waals surface area contributed by atoms with Crippen molar-refractivity contribution in [3.63, 3.8) is 0 Å². The third-order valence-corrected chi connectivity index (χ3v) is 6.97. The Morgan fingerprint density at radius 2 is 1.47 bits per heavy atom. The number of rotatable bonds is 5. The van der Waals surface area contributed by atoms with Crippen LogP contribution >= 0.6 is 0 Å². The lowest BCUT2D eigenvalue weighted by atomic mass is 9.63. The molecule has 0 bridgehead atoms. The van der Waals surface area contributed by atoms with Crippen molar-refractivity contribution in [1.29, 1.82) is 0 Å². The number of esters is 1.